The van der Waals surface area contributed by atoms with Crippen LogP contribution in [0.15, 0.2) is 82.6 Å². The van der Waals surface area contributed by atoms with E-state index in [1.165, 1.54) is 60.4 Å². The summed E-state index contributed by atoms with van der Waals surface area (Å²) in [7, 11) is -4.90. The minimum Gasteiger partial charge on any atom is -0.299 e. The Morgan fingerprint density at radius 2 is 1.46 bits per heavy atom. The molecular formula is C27H30FN3O4S2. The van der Waals surface area contributed by atoms with E-state index in [9.17, 15) is 16.8 Å². The van der Waals surface area contributed by atoms with Crippen molar-refractivity contribution in [1.29, 1.82) is 0 Å². The Morgan fingerprint density at radius 3 is 2.08 bits per heavy atom. The van der Waals surface area contributed by atoms with Crippen LogP contribution in [0.3, 0.4) is 0 Å². The first-order valence-corrected chi connectivity index (χ1v) is 15.0. The molecule has 3 aromatic carbocycles. The Labute approximate surface area is 218 Å². The second kappa shape index (κ2) is 9.50. The van der Waals surface area contributed by atoms with E-state index in [-0.39, 0.29) is 22.2 Å². The zero-order chi connectivity index (χ0) is 26.4. The van der Waals surface area contributed by atoms with Crippen molar-refractivity contribution in [2.45, 2.75) is 34.6 Å². The molecule has 196 valence electrons. The Balaban J connectivity index is 1.43. The fourth-order valence-electron chi connectivity index (χ4n) is 5.41. The maximum absolute atomic E-state index is 15.3. The van der Waals surface area contributed by atoms with Gasteiger partial charge in [-0.3, -0.25) is 9.21 Å². The summed E-state index contributed by atoms with van der Waals surface area (Å²) in [5.74, 6) is -0.390. The van der Waals surface area contributed by atoms with Crippen LogP contribution in [-0.4, -0.2) is 59.8 Å². The zero-order valence-electron chi connectivity index (χ0n) is 20.8. The lowest BCUT2D eigenvalue weighted by Crippen LogP contribution is -2.46. The predicted octanol–water partition coefficient (Wildman–Crippen LogP) is 3.82. The highest BCUT2D eigenvalue weighted by Gasteiger charge is 2.49. The zero-order valence-corrected chi connectivity index (χ0v) is 22.5. The summed E-state index contributed by atoms with van der Waals surface area (Å²) in [5, 5.41) is 0. The summed E-state index contributed by atoms with van der Waals surface area (Å²) in [5.41, 5.74) is 1.42. The summed E-state index contributed by atoms with van der Waals surface area (Å²) >= 11 is 0. The largest absolute Gasteiger partial charge is 0.299 e. The molecule has 0 N–H and O–H groups in total. The third kappa shape index (κ3) is 4.56. The number of sulfonamides is 2. The van der Waals surface area contributed by atoms with Gasteiger partial charge in [0, 0.05) is 38.2 Å². The van der Waals surface area contributed by atoms with E-state index in [4.69, 9.17) is 0 Å². The average Bonchev–Trinajstić information content (AvgIpc) is 3.22. The van der Waals surface area contributed by atoms with Crippen LogP contribution in [0, 0.1) is 5.82 Å². The third-order valence-corrected chi connectivity index (χ3v) is 11.1. The van der Waals surface area contributed by atoms with Gasteiger partial charge >= 0.3 is 0 Å². The van der Waals surface area contributed by atoms with Crippen molar-refractivity contribution in [1.82, 2.24) is 9.21 Å². The van der Waals surface area contributed by atoms with Crippen molar-refractivity contribution in [3.05, 3.63) is 89.7 Å². The van der Waals surface area contributed by atoms with Crippen LogP contribution in [0.25, 0.3) is 0 Å². The first-order chi connectivity index (χ1) is 17.5. The van der Waals surface area contributed by atoms with Crippen LogP contribution < -0.4 is 4.31 Å². The van der Waals surface area contributed by atoms with Crippen LogP contribution in [-0.2, 0) is 32.0 Å². The van der Waals surface area contributed by atoms with Gasteiger partial charge in [0.1, 0.15) is 5.82 Å². The van der Waals surface area contributed by atoms with E-state index in [0.717, 1.165) is 23.9 Å². The Kier molecular flexibility index (Phi) is 6.64. The molecule has 1 spiro atoms. The predicted molar refractivity (Wildman–Crippen MR) is 141 cm³/mol. The van der Waals surface area contributed by atoms with Gasteiger partial charge in [-0.1, -0.05) is 36.4 Å². The lowest BCUT2D eigenvalue weighted by atomic mass is 9.74. The van der Waals surface area contributed by atoms with Gasteiger partial charge in [0.2, 0.25) is 10.0 Å². The van der Waals surface area contributed by atoms with Crippen molar-refractivity contribution in [2.75, 3.05) is 38.0 Å². The molecule has 10 heteroatoms. The van der Waals surface area contributed by atoms with Crippen molar-refractivity contribution in [3.8, 4) is 0 Å². The molecule has 2 heterocycles. The standard InChI is InChI=1S/C27H30FN3O4S2/c1-29(2)36(32,33)22-11-13-23(14-12-22)37(34,35)31-20-27(26-24(28)9-6-10-25(26)31)15-17-30(18-16-27)19-21-7-4-3-5-8-21/h3-14H,15-20H2,1-2H3. The molecule has 0 aromatic heterocycles. The molecule has 2 aliphatic heterocycles. The number of hydrogen-bond donors (Lipinski definition) is 0. The number of piperidine rings is 1. The molecule has 0 unspecified atom stereocenters. The monoisotopic (exact) mass is 543 g/mol. The molecule has 2 aliphatic rings. The number of nitrogens with zero attached hydrogens (tertiary/aromatic N) is 3. The number of likely N-dealkylation sites (tertiary alicyclic amines) is 1. The van der Waals surface area contributed by atoms with Gasteiger partial charge in [0.05, 0.1) is 15.5 Å². The molecule has 1 fully saturated rings. The van der Waals surface area contributed by atoms with Gasteiger partial charge in [0.15, 0.2) is 0 Å². The number of fused-ring (bicyclic) bond motifs is 2. The van der Waals surface area contributed by atoms with E-state index in [1.807, 2.05) is 18.2 Å². The molecule has 7 nitrogen and oxygen atoms in total. The quantitative estimate of drug-likeness (QED) is 0.473. The fraction of sp³-hybridized carbons (Fsp3) is 0.333. The number of hydrogen-bond acceptors (Lipinski definition) is 5. The molecule has 5 rings (SSSR count). The van der Waals surface area contributed by atoms with E-state index < -0.39 is 25.5 Å². The third-order valence-electron chi connectivity index (χ3n) is 7.49. The number of benzene rings is 3. The van der Waals surface area contributed by atoms with Gasteiger partial charge in [-0.2, -0.15) is 0 Å². The van der Waals surface area contributed by atoms with E-state index in [1.54, 1.807) is 6.07 Å². The van der Waals surface area contributed by atoms with E-state index in [2.05, 4.69) is 17.0 Å². The minimum atomic E-state index is -4.04. The summed E-state index contributed by atoms with van der Waals surface area (Å²) in [6, 6.07) is 19.9. The highest BCUT2D eigenvalue weighted by Crippen LogP contribution is 2.50. The van der Waals surface area contributed by atoms with Crippen LogP contribution in [0.4, 0.5) is 10.1 Å². The lowest BCUT2D eigenvalue weighted by molar-refractivity contribution is 0.159. The van der Waals surface area contributed by atoms with Crippen LogP contribution in [0.5, 0.6) is 0 Å². The Hall–Kier alpha value is -2.79. The van der Waals surface area contributed by atoms with Gasteiger partial charge < -0.3 is 0 Å². The number of rotatable bonds is 6. The molecule has 0 amide bonds. The molecule has 0 radical (unpaired) electrons. The second-order valence-corrected chi connectivity index (χ2v) is 14.0. The van der Waals surface area contributed by atoms with Crippen molar-refractivity contribution in [3.63, 3.8) is 0 Å². The molecule has 0 aliphatic carbocycles. The summed E-state index contributed by atoms with van der Waals surface area (Å²) < 4.78 is 70.0. The SMILES string of the molecule is CN(C)S(=O)(=O)c1ccc(S(=O)(=O)N2CC3(CCN(Cc4ccccc4)CC3)c3c(F)cccc32)cc1. The van der Waals surface area contributed by atoms with Gasteiger partial charge in [0.25, 0.3) is 10.0 Å². The van der Waals surface area contributed by atoms with Crippen LogP contribution in [0.1, 0.15) is 24.0 Å². The van der Waals surface area contributed by atoms with Gasteiger partial charge in [-0.15, -0.1) is 0 Å². The smallest absolute Gasteiger partial charge is 0.264 e. The minimum absolute atomic E-state index is 0.00609. The Morgan fingerprint density at radius 1 is 0.838 bits per heavy atom. The van der Waals surface area contributed by atoms with Crippen LogP contribution in [0.2, 0.25) is 0 Å². The molecule has 0 saturated carbocycles. The summed E-state index contributed by atoms with van der Waals surface area (Å²) in [6.45, 7) is 2.41. The van der Waals surface area contributed by atoms with Crippen molar-refractivity contribution in [2.24, 2.45) is 0 Å². The summed E-state index contributed by atoms with van der Waals surface area (Å²) in [4.78, 5) is 2.30. The fourth-order valence-corrected chi connectivity index (χ4v) is 7.87. The molecular weight excluding hydrogens is 513 g/mol. The first kappa shape index (κ1) is 25.8. The Bertz CT molecular complexity index is 1500. The lowest BCUT2D eigenvalue weighted by Gasteiger charge is -2.40. The second-order valence-electron chi connectivity index (χ2n) is 9.95. The maximum Gasteiger partial charge on any atom is 0.264 e. The van der Waals surface area contributed by atoms with Crippen molar-refractivity contribution >= 4 is 25.7 Å². The maximum atomic E-state index is 15.3. The molecule has 1 saturated heterocycles. The van der Waals surface area contributed by atoms with Crippen LogP contribution >= 0.6 is 0 Å². The highest BCUT2D eigenvalue weighted by molar-refractivity contribution is 7.93. The van der Waals surface area contributed by atoms with E-state index in [0.29, 0.717) is 24.1 Å². The normalized spacial score (nSPS) is 17.9. The molecule has 37 heavy (non-hydrogen) atoms. The highest BCUT2D eigenvalue weighted by atomic mass is 32.2. The molecule has 3 aromatic rings. The first-order valence-electron chi connectivity index (χ1n) is 12.2. The number of anilines is 1. The number of halogens is 1. The molecule has 0 atom stereocenters. The van der Waals surface area contributed by atoms with Crippen molar-refractivity contribution < 1.29 is 21.2 Å². The molecule has 0 bridgehead atoms. The average molecular weight is 544 g/mol. The van der Waals surface area contributed by atoms with Gasteiger partial charge in [-0.05, 0) is 67.9 Å². The van der Waals surface area contributed by atoms with E-state index >= 15 is 4.39 Å². The van der Waals surface area contributed by atoms with Gasteiger partial charge in [-0.25, -0.2) is 25.5 Å². The summed E-state index contributed by atoms with van der Waals surface area (Å²) in [6.07, 6.45) is 1.28. The topological polar surface area (TPSA) is 78.0 Å².